The Labute approximate surface area is 193 Å². The van der Waals surface area contributed by atoms with Gasteiger partial charge < -0.3 is 10.9 Å². The minimum atomic E-state index is -3.81. The number of thioether (sulfide) groups is 1. The number of ether oxygens (including phenoxy) is 2. The fourth-order valence-electron chi connectivity index (χ4n) is 3.53. The minimum Gasteiger partial charge on any atom is -1.00 e. The summed E-state index contributed by atoms with van der Waals surface area (Å²) in [6.07, 6.45) is 9.04. The summed E-state index contributed by atoms with van der Waals surface area (Å²) >= 11 is 3.50. The second kappa shape index (κ2) is 11.5. The van der Waals surface area contributed by atoms with E-state index in [9.17, 15) is 8.42 Å². The zero-order chi connectivity index (χ0) is 18.4. The average molecular weight is 443 g/mol. The second-order valence-electron chi connectivity index (χ2n) is 6.86. The van der Waals surface area contributed by atoms with Gasteiger partial charge in [-0.25, -0.2) is 0 Å². The number of thiophene rings is 1. The van der Waals surface area contributed by atoms with E-state index in [1.807, 2.05) is 22.5 Å². The van der Waals surface area contributed by atoms with Gasteiger partial charge in [0.25, 0.3) is 10.1 Å². The molecule has 3 rings (SSSR count). The van der Waals surface area contributed by atoms with Crippen LogP contribution in [0.25, 0.3) is 0 Å². The second-order valence-corrected chi connectivity index (χ2v) is 10.3. The van der Waals surface area contributed by atoms with Gasteiger partial charge in [0.2, 0.25) is 0 Å². The van der Waals surface area contributed by atoms with Crippen LogP contribution in [0.15, 0.2) is 22.2 Å². The van der Waals surface area contributed by atoms with Crippen LogP contribution in [-0.2, 0) is 10.1 Å². The largest absolute Gasteiger partial charge is 1.00 e. The third-order valence-corrected chi connectivity index (χ3v) is 7.63. The third-order valence-electron chi connectivity index (χ3n) is 4.89. The monoisotopic (exact) mass is 442 g/mol. The SMILES string of the molecule is O=S(=O)(O)CCCCCCCC(C1COc2cscc2O1)C1CC=CS1.[H-].[Na+]. The topological polar surface area (TPSA) is 72.8 Å². The molecule has 0 radical (unpaired) electrons. The van der Waals surface area contributed by atoms with Gasteiger partial charge in [0.05, 0.1) is 5.75 Å². The summed E-state index contributed by atoms with van der Waals surface area (Å²) < 4.78 is 42.3. The molecular weight excluding hydrogens is 415 g/mol. The van der Waals surface area contributed by atoms with Crippen LogP contribution in [0.4, 0.5) is 0 Å². The maximum atomic E-state index is 10.7. The number of allylic oxidation sites excluding steroid dienone is 1. The average Bonchev–Trinajstić information content (AvgIpc) is 3.27. The van der Waals surface area contributed by atoms with Crippen LogP contribution in [0.3, 0.4) is 0 Å². The van der Waals surface area contributed by atoms with E-state index in [4.69, 9.17) is 14.0 Å². The van der Waals surface area contributed by atoms with Gasteiger partial charge in [-0.1, -0.05) is 31.8 Å². The van der Waals surface area contributed by atoms with Crippen LogP contribution < -0.4 is 39.0 Å². The molecule has 148 valence electrons. The van der Waals surface area contributed by atoms with E-state index in [-0.39, 0.29) is 42.8 Å². The van der Waals surface area contributed by atoms with E-state index < -0.39 is 10.1 Å². The first kappa shape index (κ1) is 23.6. The number of rotatable bonds is 10. The van der Waals surface area contributed by atoms with Crippen molar-refractivity contribution in [3.05, 3.63) is 22.2 Å². The zero-order valence-corrected chi connectivity index (χ0v) is 20.2. The van der Waals surface area contributed by atoms with Gasteiger partial charge in [-0.05, 0) is 24.7 Å². The fourth-order valence-corrected chi connectivity index (χ4v) is 5.93. The van der Waals surface area contributed by atoms with Gasteiger partial charge in [-0.15, -0.1) is 23.1 Å². The van der Waals surface area contributed by atoms with Gasteiger partial charge in [0.1, 0.15) is 12.7 Å². The molecule has 0 saturated heterocycles. The van der Waals surface area contributed by atoms with Gasteiger partial charge >= 0.3 is 29.6 Å². The van der Waals surface area contributed by atoms with Crippen molar-refractivity contribution in [2.24, 2.45) is 5.92 Å². The molecule has 0 fully saturated rings. The van der Waals surface area contributed by atoms with Gasteiger partial charge in [-0.2, -0.15) is 8.42 Å². The van der Waals surface area contributed by atoms with Crippen molar-refractivity contribution in [3.63, 3.8) is 0 Å². The van der Waals surface area contributed by atoms with Crippen molar-refractivity contribution in [2.75, 3.05) is 12.4 Å². The third kappa shape index (κ3) is 7.57. The summed E-state index contributed by atoms with van der Waals surface area (Å²) in [5.74, 6) is 2.05. The number of fused-ring (bicyclic) bond motifs is 1. The normalized spacial score (nSPS) is 22.4. The van der Waals surface area contributed by atoms with E-state index in [2.05, 4.69) is 11.5 Å². The van der Waals surface area contributed by atoms with E-state index in [1.165, 1.54) is 0 Å². The van der Waals surface area contributed by atoms with Crippen molar-refractivity contribution in [1.29, 1.82) is 0 Å². The molecule has 0 aliphatic carbocycles. The Morgan fingerprint density at radius 3 is 2.67 bits per heavy atom. The molecule has 9 heteroatoms. The zero-order valence-electron chi connectivity index (χ0n) is 16.7. The first-order valence-corrected chi connectivity index (χ1v) is 12.6. The molecule has 5 nitrogen and oxygen atoms in total. The van der Waals surface area contributed by atoms with E-state index in [0.717, 1.165) is 50.0 Å². The summed E-state index contributed by atoms with van der Waals surface area (Å²) in [5.41, 5.74) is 0. The summed E-state index contributed by atoms with van der Waals surface area (Å²) in [4.78, 5) is 0. The van der Waals surface area contributed by atoms with Gasteiger partial charge in [-0.3, -0.25) is 4.55 Å². The first-order valence-electron chi connectivity index (χ1n) is 9.14. The minimum absolute atomic E-state index is 0. The molecule has 27 heavy (non-hydrogen) atoms. The van der Waals surface area contributed by atoms with Crippen LogP contribution in [0.1, 0.15) is 46.4 Å². The molecule has 2 aliphatic rings. The molecule has 3 unspecified atom stereocenters. The molecule has 1 N–H and O–H groups in total. The van der Waals surface area contributed by atoms with Crippen molar-refractivity contribution in [2.45, 2.75) is 56.3 Å². The van der Waals surface area contributed by atoms with E-state index >= 15 is 0 Å². The molecule has 1 aromatic heterocycles. The maximum Gasteiger partial charge on any atom is 1.00 e. The standard InChI is InChI=1S/C18H26O5S3.Na.H/c19-26(20,21)10-5-3-1-2-4-7-14(18-8-6-9-25-18)15-11-22-16-12-24-13-17(16)23-15;;/h6,9,12-15,18H,1-5,7-8,10-11H2,(H,19,20,21);;/q;+1;-1. The Hall–Kier alpha value is 0.300. The molecule has 3 heterocycles. The van der Waals surface area contributed by atoms with Crippen LogP contribution in [0.2, 0.25) is 0 Å². The molecule has 0 aromatic carbocycles. The Morgan fingerprint density at radius 2 is 1.93 bits per heavy atom. The molecule has 0 amide bonds. The summed E-state index contributed by atoms with van der Waals surface area (Å²) in [6.45, 7) is 0.611. The van der Waals surface area contributed by atoms with Gasteiger partial charge in [0, 0.05) is 21.9 Å². The number of hydrogen-bond donors (Lipinski definition) is 1. The molecule has 1 aromatic rings. The number of hydrogen-bond acceptors (Lipinski definition) is 6. The molecule has 0 spiro atoms. The molecule has 0 saturated carbocycles. The summed E-state index contributed by atoms with van der Waals surface area (Å²) in [5, 5.41) is 6.72. The van der Waals surface area contributed by atoms with Crippen LogP contribution >= 0.6 is 23.1 Å². The van der Waals surface area contributed by atoms with E-state index in [0.29, 0.717) is 24.2 Å². The summed E-state index contributed by atoms with van der Waals surface area (Å²) in [7, 11) is -3.81. The Morgan fingerprint density at radius 1 is 1.19 bits per heavy atom. The van der Waals surface area contributed by atoms with Crippen molar-refractivity contribution in [3.8, 4) is 11.5 Å². The van der Waals surface area contributed by atoms with Crippen LogP contribution in [0.5, 0.6) is 11.5 Å². The van der Waals surface area contributed by atoms with Crippen LogP contribution in [-0.4, -0.2) is 36.7 Å². The van der Waals surface area contributed by atoms with E-state index in [1.54, 1.807) is 11.3 Å². The van der Waals surface area contributed by atoms with Crippen molar-refractivity contribution >= 4 is 33.2 Å². The van der Waals surface area contributed by atoms with Crippen molar-refractivity contribution in [1.82, 2.24) is 0 Å². The van der Waals surface area contributed by atoms with Crippen molar-refractivity contribution < 1.29 is 53.4 Å². The maximum absolute atomic E-state index is 10.7. The predicted molar refractivity (Wildman–Crippen MR) is 108 cm³/mol. The smallest absolute Gasteiger partial charge is 1.00 e. The molecular formula is C18H27NaO5S3. The Bertz CT molecular complexity index is 702. The Balaban J connectivity index is 0.00000196. The molecule has 2 aliphatic heterocycles. The molecule has 3 atom stereocenters. The fraction of sp³-hybridized carbons (Fsp3) is 0.667. The quantitative estimate of drug-likeness (QED) is 0.339. The summed E-state index contributed by atoms with van der Waals surface area (Å²) in [6, 6.07) is 0. The van der Waals surface area contributed by atoms with Crippen LogP contribution in [0, 0.1) is 5.92 Å². The van der Waals surface area contributed by atoms with Gasteiger partial charge in [0.15, 0.2) is 11.5 Å². The Kier molecular flexibility index (Phi) is 10.0. The molecule has 0 bridgehead atoms. The predicted octanol–water partition coefficient (Wildman–Crippen LogP) is 1.87. The first-order chi connectivity index (χ1) is 12.5. The number of unbranched alkanes of at least 4 members (excludes halogenated alkanes) is 4.